The van der Waals surface area contributed by atoms with Gasteiger partial charge in [0.1, 0.15) is 10.8 Å². The first-order valence-corrected chi connectivity index (χ1v) is 8.42. The summed E-state index contributed by atoms with van der Waals surface area (Å²) in [6.45, 7) is 4.02. The lowest BCUT2D eigenvalue weighted by atomic mass is 10.4. The second-order valence-electron chi connectivity index (χ2n) is 4.34. The smallest absolute Gasteiger partial charge is 0.267 e. The van der Waals surface area contributed by atoms with Crippen LogP contribution in [0.15, 0.2) is 16.0 Å². The van der Waals surface area contributed by atoms with Gasteiger partial charge >= 0.3 is 0 Å². The summed E-state index contributed by atoms with van der Waals surface area (Å²) in [6.07, 6.45) is 1.62. The summed E-state index contributed by atoms with van der Waals surface area (Å²) >= 11 is 2.91. The van der Waals surface area contributed by atoms with E-state index in [-0.39, 0.29) is 5.56 Å². The average molecular weight is 322 g/mol. The van der Waals surface area contributed by atoms with Gasteiger partial charge in [-0.15, -0.1) is 5.10 Å². The van der Waals surface area contributed by atoms with Crippen LogP contribution in [0.1, 0.15) is 30.4 Å². The first kappa shape index (κ1) is 14.2. The molecule has 0 spiro atoms. The highest BCUT2D eigenvalue weighted by Crippen LogP contribution is 2.19. The van der Waals surface area contributed by atoms with Crippen LogP contribution in [0.3, 0.4) is 0 Å². The maximum Gasteiger partial charge on any atom is 0.275 e. The van der Waals surface area contributed by atoms with Crippen molar-refractivity contribution in [1.82, 2.24) is 29.8 Å². The number of nitrogens with zero attached hydrogens (tertiary/aromatic N) is 5. The minimum absolute atomic E-state index is 0.143. The quantitative estimate of drug-likeness (QED) is 0.719. The number of thioether (sulfide) groups is 1. The van der Waals surface area contributed by atoms with Crippen LogP contribution in [0, 0.1) is 0 Å². The number of H-pyrrole nitrogens is 1. The highest BCUT2D eigenvalue weighted by Gasteiger charge is 2.09. The van der Waals surface area contributed by atoms with Crippen molar-refractivity contribution in [2.24, 2.45) is 0 Å². The first-order chi connectivity index (χ1) is 10.2. The predicted octanol–water partition coefficient (Wildman–Crippen LogP) is 1.69. The molecule has 3 rings (SSSR count). The van der Waals surface area contributed by atoms with Gasteiger partial charge in [-0.1, -0.05) is 36.9 Å². The number of hydrogen-bond donors (Lipinski definition) is 1. The van der Waals surface area contributed by atoms with Gasteiger partial charge in [0.2, 0.25) is 10.1 Å². The van der Waals surface area contributed by atoms with Gasteiger partial charge in [-0.05, 0) is 6.42 Å². The third kappa shape index (κ3) is 2.98. The molecule has 0 radical (unpaired) electrons. The Labute approximate surface area is 128 Å². The first-order valence-electron chi connectivity index (χ1n) is 6.62. The Hall–Kier alpha value is -1.74. The molecule has 0 saturated carbocycles. The molecule has 0 unspecified atom stereocenters. The normalized spacial score (nSPS) is 11.3. The second-order valence-corrected chi connectivity index (χ2v) is 6.32. The molecule has 0 fully saturated rings. The molecule has 3 aromatic rings. The van der Waals surface area contributed by atoms with Gasteiger partial charge in [0, 0.05) is 18.2 Å². The Morgan fingerprint density at radius 2 is 2.19 bits per heavy atom. The number of aromatic amines is 1. The van der Waals surface area contributed by atoms with Gasteiger partial charge in [0.05, 0.1) is 5.69 Å². The fourth-order valence-corrected chi connectivity index (χ4v) is 3.32. The molecule has 0 aliphatic carbocycles. The number of fused-ring (bicyclic) bond motifs is 1. The zero-order valence-corrected chi connectivity index (χ0v) is 13.3. The second kappa shape index (κ2) is 5.94. The Balaban J connectivity index is 1.82. The Morgan fingerprint density at radius 1 is 1.33 bits per heavy atom. The summed E-state index contributed by atoms with van der Waals surface area (Å²) in [6, 6.07) is 1.52. The number of aromatic nitrogens is 6. The fraction of sp³-hybridized carbons (Fsp3) is 0.417. The number of nitrogens with one attached hydrogen (secondary N) is 1. The molecule has 0 atom stereocenters. The predicted molar refractivity (Wildman–Crippen MR) is 81.8 cm³/mol. The van der Waals surface area contributed by atoms with E-state index in [0.29, 0.717) is 15.9 Å². The van der Waals surface area contributed by atoms with Crippen LogP contribution in [0.2, 0.25) is 0 Å². The minimum atomic E-state index is -0.143. The van der Waals surface area contributed by atoms with E-state index in [2.05, 4.69) is 25.3 Å². The van der Waals surface area contributed by atoms with E-state index in [1.165, 1.54) is 33.7 Å². The van der Waals surface area contributed by atoms with Crippen molar-refractivity contribution >= 4 is 28.1 Å². The summed E-state index contributed by atoms with van der Waals surface area (Å²) in [7, 11) is 0. The molecular weight excluding hydrogens is 308 g/mol. The van der Waals surface area contributed by atoms with Crippen LogP contribution in [0.25, 0.3) is 4.96 Å². The van der Waals surface area contributed by atoms with Crippen molar-refractivity contribution < 1.29 is 0 Å². The molecule has 21 heavy (non-hydrogen) atoms. The van der Waals surface area contributed by atoms with Gasteiger partial charge in [0.15, 0.2) is 0 Å². The lowest BCUT2D eigenvalue weighted by molar-refractivity contribution is 0.852. The maximum absolute atomic E-state index is 12.0. The van der Waals surface area contributed by atoms with Crippen molar-refractivity contribution in [1.29, 1.82) is 0 Å². The van der Waals surface area contributed by atoms with E-state index in [1.807, 2.05) is 13.8 Å². The fourth-order valence-electron chi connectivity index (χ4n) is 1.75. The summed E-state index contributed by atoms with van der Waals surface area (Å²) in [5, 5.41) is 12.8. The monoisotopic (exact) mass is 322 g/mol. The van der Waals surface area contributed by atoms with E-state index in [4.69, 9.17) is 0 Å². The van der Waals surface area contributed by atoms with E-state index in [9.17, 15) is 4.79 Å². The Kier molecular flexibility index (Phi) is 4.02. The molecule has 0 aliphatic heterocycles. The molecule has 0 bridgehead atoms. The van der Waals surface area contributed by atoms with Crippen LogP contribution in [0.4, 0.5) is 0 Å². The van der Waals surface area contributed by atoms with Crippen molar-refractivity contribution in [2.45, 2.75) is 37.6 Å². The van der Waals surface area contributed by atoms with Gasteiger partial charge in [-0.25, -0.2) is 9.97 Å². The van der Waals surface area contributed by atoms with Crippen LogP contribution in [0.5, 0.6) is 0 Å². The highest BCUT2D eigenvalue weighted by molar-refractivity contribution is 7.98. The van der Waals surface area contributed by atoms with Gasteiger partial charge in [-0.3, -0.25) is 9.89 Å². The molecule has 1 N–H and O–H groups in total. The van der Waals surface area contributed by atoms with Gasteiger partial charge in [0.25, 0.3) is 5.56 Å². The van der Waals surface area contributed by atoms with E-state index in [1.54, 1.807) is 0 Å². The largest absolute Gasteiger partial charge is 0.275 e. The molecule has 7 nitrogen and oxygen atoms in total. The average Bonchev–Trinajstić information content (AvgIpc) is 3.11. The molecule has 0 aromatic carbocycles. The Bertz CT molecular complexity index is 821. The molecule has 3 aromatic heterocycles. The maximum atomic E-state index is 12.0. The van der Waals surface area contributed by atoms with Crippen molar-refractivity contribution in [3.05, 3.63) is 32.9 Å². The number of rotatable bonds is 5. The van der Waals surface area contributed by atoms with Crippen molar-refractivity contribution in [3.8, 4) is 0 Å². The standard InChI is InChI=1S/C12H14N6OS2/c1-3-8-14-11(16-15-8)20-6-7-5-10(19)18-12(13-7)21-9(4-2)17-18/h5H,3-4,6H2,1-2H3,(H,14,15,16). The minimum Gasteiger partial charge on any atom is -0.267 e. The van der Waals surface area contributed by atoms with E-state index < -0.39 is 0 Å². The lowest BCUT2D eigenvalue weighted by Gasteiger charge is -1.97. The number of hydrogen-bond acceptors (Lipinski definition) is 7. The van der Waals surface area contributed by atoms with Gasteiger partial charge < -0.3 is 0 Å². The molecule has 0 aliphatic rings. The third-order valence-electron chi connectivity index (χ3n) is 2.84. The summed E-state index contributed by atoms with van der Waals surface area (Å²) in [5.41, 5.74) is 0.579. The summed E-state index contributed by atoms with van der Waals surface area (Å²) < 4.78 is 1.36. The van der Waals surface area contributed by atoms with E-state index >= 15 is 0 Å². The molecular formula is C12H14N6OS2. The molecule has 9 heteroatoms. The summed E-state index contributed by atoms with van der Waals surface area (Å²) in [4.78, 5) is 21.4. The lowest BCUT2D eigenvalue weighted by Crippen LogP contribution is -2.15. The Morgan fingerprint density at radius 3 is 2.90 bits per heavy atom. The zero-order valence-electron chi connectivity index (χ0n) is 11.7. The van der Waals surface area contributed by atoms with Crippen LogP contribution in [-0.2, 0) is 18.6 Å². The molecule has 3 heterocycles. The number of aryl methyl sites for hydroxylation is 2. The highest BCUT2D eigenvalue weighted by atomic mass is 32.2. The molecule has 110 valence electrons. The van der Waals surface area contributed by atoms with Crippen LogP contribution >= 0.6 is 23.1 Å². The van der Waals surface area contributed by atoms with Gasteiger partial charge in [-0.2, -0.15) is 9.61 Å². The topological polar surface area (TPSA) is 88.8 Å². The molecule has 0 saturated heterocycles. The zero-order chi connectivity index (χ0) is 14.8. The van der Waals surface area contributed by atoms with Crippen LogP contribution < -0.4 is 5.56 Å². The SMILES string of the molecule is CCc1nc(SCc2cc(=O)n3nc(CC)sc3n2)n[nH]1. The van der Waals surface area contributed by atoms with Crippen molar-refractivity contribution in [2.75, 3.05) is 0 Å². The summed E-state index contributed by atoms with van der Waals surface area (Å²) in [5.74, 6) is 1.42. The molecule has 0 amide bonds. The van der Waals surface area contributed by atoms with E-state index in [0.717, 1.165) is 29.4 Å². The third-order valence-corrected chi connectivity index (χ3v) is 4.77. The van der Waals surface area contributed by atoms with Crippen LogP contribution in [-0.4, -0.2) is 29.8 Å². The van der Waals surface area contributed by atoms with Crippen molar-refractivity contribution in [3.63, 3.8) is 0 Å².